The van der Waals surface area contributed by atoms with Gasteiger partial charge in [-0.2, -0.15) is 0 Å². The monoisotopic (exact) mass is 289 g/mol. The highest BCUT2D eigenvalue weighted by Crippen LogP contribution is 2.28. The van der Waals surface area contributed by atoms with Crippen molar-refractivity contribution in [3.05, 3.63) is 42.0 Å². The normalized spacial score (nSPS) is 17.6. The molecule has 3 heteroatoms. The molecule has 1 saturated carbocycles. The molecule has 0 spiro atoms. The highest BCUT2D eigenvalue weighted by molar-refractivity contribution is 5.29. The average molecular weight is 289 g/mol. The van der Waals surface area contributed by atoms with Gasteiger partial charge in [0.15, 0.2) is 0 Å². The minimum absolute atomic E-state index is 0.0969. The first kappa shape index (κ1) is 16.1. The van der Waals surface area contributed by atoms with Crippen LogP contribution in [0.2, 0.25) is 0 Å². The molecule has 0 radical (unpaired) electrons. The van der Waals surface area contributed by atoms with Gasteiger partial charge in [-0.15, -0.1) is 0 Å². The van der Waals surface area contributed by atoms with Gasteiger partial charge in [-0.05, 0) is 49.0 Å². The zero-order valence-electron chi connectivity index (χ0n) is 13.3. The Kier molecular flexibility index (Phi) is 5.43. The predicted octanol–water partition coefficient (Wildman–Crippen LogP) is 3.45. The smallest absolute Gasteiger partial charge is 0.119 e. The molecule has 116 valence electrons. The Labute approximate surface area is 128 Å². The second kappa shape index (κ2) is 7.10. The lowest BCUT2D eigenvalue weighted by Gasteiger charge is -2.28. The summed E-state index contributed by atoms with van der Waals surface area (Å²) in [6.45, 7) is 10.6. The summed E-state index contributed by atoms with van der Waals surface area (Å²) in [5.41, 5.74) is 1.93. The van der Waals surface area contributed by atoms with Crippen molar-refractivity contribution in [3.8, 4) is 5.75 Å². The van der Waals surface area contributed by atoms with Crippen molar-refractivity contribution in [1.29, 1.82) is 0 Å². The van der Waals surface area contributed by atoms with Crippen LogP contribution in [0.25, 0.3) is 0 Å². The Morgan fingerprint density at radius 2 is 1.95 bits per heavy atom. The van der Waals surface area contributed by atoms with Gasteiger partial charge in [0.25, 0.3) is 0 Å². The molecule has 1 aromatic rings. The van der Waals surface area contributed by atoms with E-state index in [2.05, 4.69) is 25.7 Å². The lowest BCUT2D eigenvalue weighted by molar-refractivity contribution is 0.104. The van der Waals surface area contributed by atoms with Crippen molar-refractivity contribution in [2.45, 2.75) is 51.8 Å². The lowest BCUT2D eigenvalue weighted by atomic mass is 9.93. The molecule has 2 atom stereocenters. The standard InChI is InChI=1S/C18H27NO2/c1-12(2)11-21-16-9-5-14(6-10-16)18(20)17(13(3)4)19-15-7-8-15/h5-6,9-10,13,15,17-20H,1,7-8,11H2,2-4H3. The Morgan fingerprint density at radius 1 is 1.33 bits per heavy atom. The number of nitrogens with one attached hydrogen (secondary N) is 1. The van der Waals surface area contributed by atoms with Crippen LogP contribution in [0.15, 0.2) is 36.4 Å². The summed E-state index contributed by atoms with van der Waals surface area (Å²) >= 11 is 0. The van der Waals surface area contributed by atoms with Gasteiger partial charge in [0.05, 0.1) is 6.10 Å². The zero-order valence-corrected chi connectivity index (χ0v) is 13.3. The second-order valence-electron chi connectivity index (χ2n) is 6.47. The maximum absolute atomic E-state index is 10.6. The highest BCUT2D eigenvalue weighted by atomic mass is 16.5. The average Bonchev–Trinajstić information content (AvgIpc) is 3.26. The fourth-order valence-corrected chi connectivity index (χ4v) is 2.35. The van der Waals surface area contributed by atoms with Crippen molar-refractivity contribution in [3.63, 3.8) is 0 Å². The van der Waals surface area contributed by atoms with Gasteiger partial charge in [-0.1, -0.05) is 32.6 Å². The molecule has 2 rings (SSSR count). The topological polar surface area (TPSA) is 41.5 Å². The summed E-state index contributed by atoms with van der Waals surface area (Å²) in [6.07, 6.45) is 1.97. The van der Waals surface area contributed by atoms with Gasteiger partial charge in [-0.3, -0.25) is 0 Å². The molecule has 0 heterocycles. The molecule has 1 aromatic carbocycles. The van der Waals surface area contributed by atoms with E-state index >= 15 is 0 Å². The summed E-state index contributed by atoms with van der Waals surface area (Å²) in [7, 11) is 0. The van der Waals surface area contributed by atoms with E-state index in [0.29, 0.717) is 18.6 Å². The Balaban J connectivity index is 1.99. The number of ether oxygens (including phenoxy) is 1. The Hall–Kier alpha value is -1.32. The fourth-order valence-electron chi connectivity index (χ4n) is 2.35. The molecule has 2 N–H and O–H groups in total. The number of hydrogen-bond acceptors (Lipinski definition) is 3. The largest absolute Gasteiger partial charge is 0.489 e. The Bertz CT molecular complexity index is 463. The predicted molar refractivity (Wildman–Crippen MR) is 86.5 cm³/mol. The molecule has 1 aliphatic rings. The van der Waals surface area contributed by atoms with Crippen LogP contribution in [0.3, 0.4) is 0 Å². The van der Waals surface area contributed by atoms with Gasteiger partial charge in [0.1, 0.15) is 12.4 Å². The van der Waals surface area contributed by atoms with Crippen LogP contribution < -0.4 is 10.1 Å². The molecular formula is C18H27NO2. The van der Waals surface area contributed by atoms with Crippen LogP contribution in [0.5, 0.6) is 5.75 Å². The maximum atomic E-state index is 10.6. The van der Waals surface area contributed by atoms with E-state index in [-0.39, 0.29) is 6.04 Å². The first-order valence-electron chi connectivity index (χ1n) is 7.78. The van der Waals surface area contributed by atoms with Gasteiger partial charge in [-0.25, -0.2) is 0 Å². The van der Waals surface area contributed by atoms with E-state index in [0.717, 1.165) is 16.9 Å². The van der Waals surface area contributed by atoms with Crippen LogP contribution in [-0.2, 0) is 0 Å². The molecule has 0 amide bonds. The van der Waals surface area contributed by atoms with Crippen LogP contribution in [0.4, 0.5) is 0 Å². The van der Waals surface area contributed by atoms with Crippen molar-refractivity contribution in [2.75, 3.05) is 6.61 Å². The first-order valence-corrected chi connectivity index (χ1v) is 7.78. The van der Waals surface area contributed by atoms with Crippen LogP contribution in [0, 0.1) is 5.92 Å². The fraction of sp³-hybridized carbons (Fsp3) is 0.556. The lowest BCUT2D eigenvalue weighted by Crippen LogP contribution is -2.40. The highest BCUT2D eigenvalue weighted by Gasteiger charge is 2.30. The molecule has 1 fully saturated rings. The number of aliphatic hydroxyl groups excluding tert-OH is 1. The zero-order chi connectivity index (χ0) is 15.4. The SMILES string of the molecule is C=C(C)COc1ccc(C(O)C(NC2CC2)C(C)C)cc1. The molecule has 3 nitrogen and oxygen atoms in total. The number of hydrogen-bond donors (Lipinski definition) is 2. The quantitative estimate of drug-likeness (QED) is 0.720. The van der Waals surface area contributed by atoms with Gasteiger partial charge in [0, 0.05) is 12.1 Å². The van der Waals surface area contributed by atoms with E-state index in [4.69, 9.17) is 4.74 Å². The second-order valence-corrected chi connectivity index (χ2v) is 6.47. The number of rotatable bonds is 8. The van der Waals surface area contributed by atoms with E-state index in [1.54, 1.807) is 0 Å². The third-order valence-corrected chi connectivity index (χ3v) is 3.77. The van der Waals surface area contributed by atoms with E-state index in [9.17, 15) is 5.11 Å². The number of aliphatic hydroxyl groups is 1. The number of benzene rings is 1. The molecule has 0 saturated heterocycles. The summed E-state index contributed by atoms with van der Waals surface area (Å²) in [5, 5.41) is 14.2. The first-order chi connectivity index (χ1) is 9.97. The van der Waals surface area contributed by atoms with E-state index < -0.39 is 6.10 Å². The molecule has 0 aliphatic heterocycles. The third kappa shape index (κ3) is 4.87. The van der Waals surface area contributed by atoms with E-state index in [1.165, 1.54) is 12.8 Å². The van der Waals surface area contributed by atoms with Crippen LogP contribution in [0.1, 0.15) is 45.3 Å². The summed E-state index contributed by atoms with van der Waals surface area (Å²) in [4.78, 5) is 0. The molecule has 0 bridgehead atoms. The summed E-state index contributed by atoms with van der Waals surface area (Å²) in [6, 6.07) is 8.40. The third-order valence-electron chi connectivity index (χ3n) is 3.77. The molecular weight excluding hydrogens is 262 g/mol. The van der Waals surface area contributed by atoms with Crippen molar-refractivity contribution in [1.82, 2.24) is 5.32 Å². The van der Waals surface area contributed by atoms with Crippen molar-refractivity contribution in [2.24, 2.45) is 5.92 Å². The maximum Gasteiger partial charge on any atom is 0.119 e. The van der Waals surface area contributed by atoms with Gasteiger partial charge >= 0.3 is 0 Å². The Morgan fingerprint density at radius 3 is 2.43 bits per heavy atom. The minimum Gasteiger partial charge on any atom is -0.489 e. The molecule has 21 heavy (non-hydrogen) atoms. The van der Waals surface area contributed by atoms with E-state index in [1.807, 2.05) is 31.2 Å². The van der Waals surface area contributed by atoms with Crippen molar-refractivity contribution >= 4 is 0 Å². The van der Waals surface area contributed by atoms with Crippen LogP contribution >= 0.6 is 0 Å². The molecule has 2 unspecified atom stereocenters. The van der Waals surface area contributed by atoms with Gasteiger partial charge in [0.2, 0.25) is 0 Å². The minimum atomic E-state index is -0.485. The summed E-state index contributed by atoms with van der Waals surface area (Å²) < 4.78 is 5.59. The van der Waals surface area contributed by atoms with Crippen LogP contribution in [-0.4, -0.2) is 23.8 Å². The van der Waals surface area contributed by atoms with Gasteiger partial charge < -0.3 is 15.2 Å². The molecule has 0 aromatic heterocycles. The van der Waals surface area contributed by atoms with Crippen molar-refractivity contribution < 1.29 is 9.84 Å². The summed E-state index contributed by atoms with van der Waals surface area (Å²) in [5.74, 6) is 1.20. The molecule has 1 aliphatic carbocycles.